The molecule has 0 spiro atoms. The molecule has 4 rings (SSSR count). The van der Waals surface area contributed by atoms with E-state index in [1.165, 1.54) is 11.1 Å². The molecular weight excluding hydrogens is 414 g/mol. The molecule has 4 nitrogen and oxygen atoms in total. The molecule has 2 N–H and O–H groups in total. The minimum atomic E-state index is 0.0300. The minimum absolute atomic E-state index is 0.0300. The zero-order chi connectivity index (χ0) is 19.7. The van der Waals surface area contributed by atoms with Gasteiger partial charge in [0.25, 0.3) is 0 Å². The van der Waals surface area contributed by atoms with Gasteiger partial charge in [-0.1, -0.05) is 70.0 Å². The number of aryl methyl sites for hydroxylation is 1. The molecule has 4 aromatic rings. The van der Waals surface area contributed by atoms with Crippen molar-refractivity contribution < 1.29 is 9.36 Å². The number of Topliss-reactive ketones (excluding diaryl/α,β-unsaturated/α-hetero) is 1. The van der Waals surface area contributed by atoms with Crippen molar-refractivity contribution in [2.75, 3.05) is 5.73 Å². The molecule has 0 radical (unpaired) electrons. The highest BCUT2D eigenvalue weighted by molar-refractivity contribution is 9.10. The van der Waals surface area contributed by atoms with E-state index in [9.17, 15) is 4.79 Å². The number of benzene rings is 3. The Morgan fingerprint density at radius 3 is 2.39 bits per heavy atom. The molecular formula is C23H21BrN3O+. The van der Waals surface area contributed by atoms with Crippen LogP contribution in [0.1, 0.15) is 21.5 Å². The third kappa shape index (κ3) is 3.58. The first-order valence-electron chi connectivity index (χ1n) is 9.14. The third-order valence-electron chi connectivity index (χ3n) is 4.95. The second kappa shape index (κ2) is 7.60. The first-order chi connectivity index (χ1) is 13.5. The number of nitrogens with zero attached hydrogens (tertiary/aromatic N) is 2. The average Bonchev–Trinajstić information content (AvgIpc) is 2.96. The van der Waals surface area contributed by atoms with Crippen molar-refractivity contribution in [1.29, 1.82) is 0 Å². The number of nitrogens with two attached hydrogens (primary N) is 1. The van der Waals surface area contributed by atoms with E-state index in [0.29, 0.717) is 18.1 Å². The van der Waals surface area contributed by atoms with E-state index in [0.717, 1.165) is 15.5 Å². The zero-order valence-electron chi connectivity index (χ0n) is 15.6. The van der Waals surface area contributed by atoms with E-state index in [-0.39, 0.29) is 12.3 Å². The summed E-state index contributed by atoms with van der Waals surface area (Å²) in [6.07, 6.45) is 0. The van der Waals surface area contributed by atoms with Crippen molar-refractivity contribution in [3.63, 3.8) is 0 Å². The second-order valence-corrected chi connectivity index (χ2v) is 7.85. The summed E-state index contributed by atoms with van der Waals surface area (Å²) in [5.41, 5.74) is 11.6. The lowest BCUT2D eigenvalue weighted by molar-refractivity contribution is -0.648. The van der Waals surface area contributed by atoms with Crippen LogP contribution in [0, 0.1) is 6.92 Å². The Balaban J connectivity index is 1.72. The molecule has 0 amide bonds. The number of hydrogen-bond donors (Lipinski definition) is 1. The first-order valence-corrected chi connectivity index (χ1v) is 9.93. The van der Waals surface area contributed by atoms with Gasteiger partial charge in [-0.2, -0.15) is 0 Å². The molecule has 0 saturated carbocycles. The lowest BCUT2D eigenvalue weighted by atomic mass is 10.1. The van der Waals surface area contributed by atoms with E-state index in [2.05, 4.69) is 51.7 Å². The lowest BCUT2D eigenvalue weighted by Crippen LogP contribution is -2.37. The number of nitrogen functional groups attached to an aromatic ring is 1. The minimum Gasteiger partial charge on any atom is -0.291 e. The molecule has 0 aliphatic rings. The van der Waals surface area contributed by atoms with Crippen LogP contribution in [-0.4, -0.2) is 10.4 Å². The Kier molecular flexibility index (Phi) is 5.01. The third-order valence-corrected chi connectivity index (χ3v) is 5.47. The van der Waals surface area contributed by atoms with Gasteiger partial charge in [0.05, 0.1) is 6.54 Å². The van der Waals surface area contributed by atoms with Crippen LogP contribution in [0.4, 0.5) is 5.95 Å². The lowest BCUT2D eigenvalue weighted by Gasteiger charge is -2.04. The quantitative estimate of drug-likeness (QED) is 0.371. The predicted molar refractivity (Wildman–Crippen MR) is 115 cm³/mol. The molecule has 0 aliphatic heterocycles. The molecule has 0 fully saturated rings. The summed E-state index contributed by atoms with van der Waals surface area (Å²) in [4.78, 5) is 12.8. The monoisotopic (exact) mass is 434 g/mol. The fourth-order valence-electron chi connectivity index (χ4n) is 3.39. The SMILES string of the molecule is Cc1ccc(C[n+]2c(N)n(CC(=O)c3ccc(Br)cc3)c3ccccc32)cc1. The van der Waals surface area contributed by atoms with E-state index < -0.39 is 0 Å². The van der Waals surface area contributed by atoms with Crippen LogP contribution in [0.3, 0.4) is 0 Å². The largest absolute Gasteiger partial charge is 0.356 e. The molecule has 1 aromatic heterocycles. The molecule has 1 heterocycles. The predicted octanol–water partition coefficient (Wildman–Crippen LogP) is 4.51. The smallest absolute Gasteiger partial charge is 0.291 e. The number of carbonyl (C=O) groups is 1. The highest BCUT2D eigenvalue weighted by atomic mass is 79.9. The maximum atomic E-state index is 12.8. The number of ketones is 1. The molecule has 0 saturated heterocycles. The fourth-order valence-corrected chi connectivity index (χ4v) is 3.66. The van der Waals surface area contributed by atoms with Crippen molar-refractivity contribution >= 4 is 38.7 Å². The summed E-state index contributed by atoms with van der Waals surface area (Å²) < 4.78 is 4.91. The number of fused-ring (bicyclic) bond motifs is 1. The van der Waals surface area contributed by atoms with Gasteiger partial charge in [0.2, 0.25) is 0 Å². The summed E-state index contributed by atoms with van der Waals surface area (Å²) in [6, 6.07) is 23.8. The van der Waals surface area contributed by atoms with Crippen molar-refractivity contribution in [1.82, 2.24) is 4.57 Å². The van der Waals surface area contributed by atoms with Gasteiger partial charge in [-0.3, -0.25) is 10.5 Å². The van der Waals surface area contributed by atoms with Gasteiger partial charge in [0, 0.05) is 10.0 Å². The van der Waals surface area contributed by atoms with Gasteiger partial charge in [0.1, 0.15) is 17.6 Å². The van der Waals surface area contributed by atoms with Crippen LogP contribution in [0.25, 0.3) is 11.0 Å². The van der Waals surface area contributed by atoms with Crippen LogP contribution in [-0.2, 0) is 13.1 Å². The normalized spacial score (nSPS) is 11.1. The van der Waals surface area contributed by atoms with Crippen molar-refractivity contribution in [3.05, 3.63) is 94.0 Å². The number of rotatable bonds is 5. The van der Waals surface area contributed by atoms with Gasteiger partial charge < -0.3 is 0 Å². The zero-order valence-corrected chi connectivity index (χ0v) is 17.2. The van der Waals surface area contributed by atoms with Gasteiger partial charge in [-0.25, -0.2) is 9.13 Å². The van der Waals surface area contributed by atoms with Gasteiger partial charge in [-0.15, -0.1) is 0 Å². The van der Waals surface area contributed by atoms with Gasteiger partial charge >= 0.3 is 5.95 Å². The van der Waals surface area contributed by atoms with Crippen molar-refractivity contribution in [2.24, 2.45) is 0 Å². The van der Waals surface area contributed by atoms with Crippen LogP contribution in [0.5, 0.6) is 0 Å². The summed E-state index contributed by atoms with van der Waals surface area (Å²) in [5.74, 6) is 0.606. The Bertz CT molecular complexity index is 1150. The van der Waals surface area contributed by atoms with Crippen LogP contribution in [0.2, 0.25) is 0 Å². The average molecular weight is 435 g/mol. The summed E-state index contributed by atoms with van der Waals surface area (Å²) in [5, 5.41) is 0. The number of hydrogen-bond acceptors (Lipinski definition) is 2. The van der Waals surface area contributed by atoms with Gasteiger partial charge in [-0.05, 0) is 36.8 Å². The maximum absolute atomic E-state index is 12.8. The standard InChI is InChI=1S/C23H20BrN3O/c1-16-6-8-17(9-7-16)14-26-20-4-2-3-5-21(20)27(23(26)25)15-22(28)18-10-12-19(24)13-11-18/h2-13,25H,14-15H2,1H3/p+1. The molecule has 0 aliphatic carbocycles. The molecule has 0 unspecified atom stereocenters. The Morgan fingerprint density at radius 2 is 1.68 bits per heavy atom. The summed E-state index contributed by atoms with van der Waals surface area (Å²) in [6.45, 7) is 2.94. The highest BCUT2D eigenvalue weighted by Crippen LogP contribution is 2.19. The number of halogens is 1. The number of aromatic nitrogens is 2. The number of imidazole rings is 1. The molecule has 3 aromatic carbocycles. The summed E-state index contributed by atoms with van der Waals surface area (Å²) in [7, 11) is 0. The van der Waals surface area contributed by atoms with E-state index in [1.54, 1.807) is 0 Å². The first kappa shape index (κ1) is 18.4. The van der Waals surface area contributed by atoms with E-state index >= 15 is 0 Å². The van der Waals surface area contributed by atoms with Crippen molar-refractivity contribution in [3.8, 4) is 0 Å². The maximum Gasteiger partial charge on any atom is 0.356 e. The molecule has 140 valence electrons. The second-order valence-electron chi connectivity index (χ2n) is 6.93. The van der Waals surface area contributed by atoms with E-state index in [1.807, 2.05) is 53.1 Å². The van der Waals surface area contributed by atoms with E-state index in [4.69, 9.17) is 5.73 Å². The van der Waals surface area contributed by atoms with Crippen LogP contribution in [0.15, 0.2) is 77.3 Å². The number of anilines is 1. The summed E-state index contributed by atoms with van der Waals surface area (Å²) >= 11 is 3.40. The highest BCUT2D eigenvalue weighted by Gasteiger charge is 2.23. The molecule has 5 heteroatoms. The molecule has 28 heavy (non-hydrogen) atoms. The number of para-hydroxylation sites is 2. The Hall–Kier alpha value is -2.92. The van der Waals surface area contributed by atoms with Crippen molar-refractivity contribution in [2.45, 2.75) is 20.0 Å². The fraction of sp³-hybridized carbons (Fsp3) is 0.130. The van der Waals surface area contributed by atoms with Crippen LogP contribution < -0.4 is 10.3 Å². The molecule has 0 atom stereocenters. The molecule has 0 bridgehead atoms. The van der Waals surface area contributed by atoms with Gasteiger partial charge in [0.15, 0.2) is 5.78 Å². The number of carbonyl (C=O) groups excluding carboxylic acids is 1. The Morgan fingerprint density at radius 1 is 1.00 bits per heavy atom. The van der Waals surface area contributed by atoms with Crippen LogP contribution >= 0.6 is 15.9 Å². The topological polar surface area (TPSA) is 51.9 Å². The Labute approximate surface area is 172 Å².